The molecule has 1 amide bonds. The number of nitrogens with one attached hydrogen (secondary N) is 1. The molecule has 34 heavy (non-hydrogen) atoms. The van der Waals surface area contributed by atoms with E-state index in [2.05, 4.69) is 27.0 Å². The van der Waals surface area contributed by atoms with Crippen LogP contribution in [0.5, 0.6) is 17.2 Å². The fourth-order valence-electron chi connectivity index (χ4n) is 3.59. The first-order valence-corrected chi connectivity index (χ1v) is 11.4. The summed E-state index contributed by atoms with van der Waals surface area (Å²) in [6.45, 7) is 6.45. The van der Waals surface area contributed by atoms with Crippen molar-refractivity contribution < 1.29 is 23.8 Å². The number of ether oxygens (including phenoxy) is 3. The van der Waals surface area contributed by atoms with Gasteiger partial charge in [-0.15, -0.1) is 5.06 Å². The van der Waals surface area contributed by atoms with Gasteiger partial charge in [-0.3, -0.25) is 10.2 Å². The molecule has 0 bridgehead atoms. The Morgan fingerprint density at radius 1 is 1.12 bits per heavy atom. The van der Waals surface area contributed by atoms with Crippen LogP contribution in [0.25, 0.3) is 6.08 Å². The van der Waals surface area contributed by atoms with Gasteiger partial charge in [0, 0.05) is 6.08 Å². The zero-order chi connectivity index (χ0) is 24.4. The molecule has 176 valence electrons. The summed E-state index contributed by atoms with van der Waals surface area (Å²) in [6, 6.07) is 9.53. The lowest BCUT2D eigenvalue weighted by molar-refractivity contribution is -0.114. The molecule has 0 spiro atoms. The van der Waals surface area contributed by atoms with Crippen molar-refractivity contribution in [3.05, 3.63) is 68.9 Å². The molecule has 2 aromatic carbocycles. The number of aryl methyl sites for hydroxylation is 2. The Bertz CT molecular complexity index is 1270. The molecule has 9 heteroatoms. The van der Waals surface area contributed by atoms with Gasteiger partial charge in [-0.2, -0.15) is 4.99 Å². The smallest absolute Gasteiger partial charge is 0.282 e. The molecular weight excluding hydrogens is 502 g/mol. The fourth-order valence-corrected chi connectivity index (χ4v) is 4.16. The average molecular weight is 526 g/mol. The number of methoxy groups -OCH3 is 1. The normalized spacial score (nSPS) is 16.1. The molecule has 0 saturated carbocycles. The molecule has 0 aliphatic carbocycles. The van der Waals surface area contributed by atoms with E-state index in [1.807, 2.05) is 26.0 Å². The van der Waals surface area contributed by atoms with Gasteiger partial charge in [0.2, 0.25) is 0 Å². The van der Waals surface area contributed by atoms with Gasteiger partial charge in [0.15, 0.2) is 23.2 Å². The molecule has 2 aromatic rings. The lowest BCUT2D eigenvalue weighted by Gasteiger charge is -2.23. The van der Waals surface area contributed by atoms with Crippen LogP contribution < -0.4 is 14.2 Å². The number of hydrogen-bond acceptors (Lipinski definition) is 6. The fraction of sp³-hybridized carbons (Fsp3) is 0.240. The number of carbonyl (C=O) groups is 1. The number of nitrogens with zero attached hydrogens (tertiary/aromatic N) is 2. The number of aliphatic imine (C=N–C) groups is 1. The second-order valence-electron chi connectivity index (χ2n) is 7.82. The van der Waals surface area contributed by atoms with E-state index in [4.69, 9.17) is 24.5 Å². The maximum absolute atomic E-state index is 12.5. The van der Waals surface area contributed by atoms with E-state index in [1.54, 1.807) is 31.2 Å². The zero-order valence-corrected chi connectivity index (χ0v) is 20.9. The van der Waals surface area contributed by atoms with Crippen molar-refractivity contribution in [3.63, 3.8) is 0 Å². The van der Waals surface area contributed by atoms with Crippen molar-refractivity contribution in [2.24, 2.45) is 4.99 Å². The molecule has 0 aromatic heterocycles. The molecule has 0 fully saturated rings. The Hall–Kier alpha value is -3.59. The minimum Gasteiger partial charge on any atom is -0.493 e. The van der Waals surface area contributed by atoms with Crippen LogP contribution in [0.1, 0.15) is 23.6 Å². The number of amidine groups is 2. The van der Waals surface area contributed by atoms with Gasteiger partial charge in [-0.25, -0.2) is 0 Å². The van der Waals surface area contributed by atoms with Crippen molar-refractivity contribution in [2.45, 2.75) is 20.8 Å². The number of benzene rings is 2. The van der Waals surface area contributed by atoms with Gasteiger partial charge in [0.05, 0.1) is 17.2 Å². The molecule has 0 unspecified atom stereocenters. The van der Waals surface area contributed by atoms with E-state index in [1.165, 1.54) is 17.7 Å². The number of allylic oxidation sites excluding steroid dienone is 1. The van der Waals surface area contributed by atoms with Crippen LogP contribution in [0.3, 0.4) is 0 Å². The highest BCUT2D eigenvalue weighted by Gasteiger charge is 2.34. The lowest BCUT2D eigenvalue weighted by Crippen LogP contribution is -2.38. The standard InChI is InChI=1S/C25H24BrN3O5/c1-14-5-6-20(15(2)9-14)32-7-8-33-23-19(26)12-17(13-21(23)31-4)11-18-24(27)29-22(28-25(18)30)10-16(3)34-29/h5-6,9-13,27H,7-8H2,1-4H3/b18-11+,27-24?. The molecule has 0 radical (unpaired) electrons. The summed E-state index contributed by atoms with van der Waals surface area (Å²) < 4.78 is 17.9. The maximum Gasteiger partial charge on any atom is 0.282 e. The number of carbonyl (C=O) groups excluding carboxylic acids is 1. The average Bonchev–Trinajstić information content (AvgIpc) is 3.16. The van der Waals surface area contributed by atoms with Crippen molar-refractivity contribution in [2.75, 3.05) is 20.3 Å². The Morgan fingerprint density at radius 3 is 2.62 bits per heavy atom. The number of hydroxylamine groups is 2. The van der Waals surface area contributed by atoms with Crippen LogP contribution in [0.4, 0.5) is 0 Å². The SMILES string of the molecule is COc1cc(/C=C2\C(=N)N3OC(C)=CC3=NC2=O)cc(Br)c1OCCOc1ccc(C)cc1C. The van der Waals surface area contributed by atoms with Gasteiger partial charge in [-0.05, 0) is 72.1 Å². The van der Waals surface area contributed by atoms with E-state index in [-0.39, 0.29) is 11.4 Å². The van der Waals surface area contributed by atoms with Crippen LogP contribution in [0.15, 0.2) is 57.2 Å². The van der Waals surface area contributed by atoms with Gasteiger partial charge in [0.1, 0.15) is 24.7 Å². The predicted octanol–water partition coefficient (Wildman–Crippen LogP) is 4.98. The highest BCUT2D eigenvalue weighted by Crippen LogP contribution is 2.37. The number of fused-ring (bicyclic) bond motifs is 1. The highest BCUT2D eigenvalue weighted by molar-refractivity contribution is 9.10. The van der Waals surface area contributed by atoms with Crippen molar-refractivity contribution in [1.29, 1.82) is 5.41 Å². The van der Waals surface area contributed by atoms with Crippen molar-refractivity contribution >= 4 is 39.6 Å². The van der Waals surface area contributed by atoms with E-state index in [0.717, 1.165) is 11.3 Å². The molecule has 8 nitrogen and oxygen atoms in total. The van der Waals surface area contributed by atoms with E-state index < -0.39 is 5.91 Å². The minimum absolute atomic E-state index is 0.0814. The molecule has 2 aliphatic rings. The highest BCUT2D eigenvalue weighted by atomic mass is 79.9. The summed E-state index contributed by atoms with van der Waals surface area (Å²) in [5.74, 6) is 2.08. The van der Waals surface area contributed by atoms with Gasteiger partial charge in [-0.1, -0.05) is 17.7 Å². The van der Waals surface area contributed by atoms with Crippen LogP contribution >= 0.6 is 15.9 Å². The van der Waals surface area contributed by atoms with Gasteiger partial charge in [0.25, 0.3) is 5.91 Å². The molecule has 0 saturated heterocycles. The van der Waals surface area contributed by atoms with E-state index in [0.29, 0.717) is 46.3 Å². The first-order valence-electron chi connectivity index (χ1n) is 10.6. The van der Waals surface area contributed by atoms with E-state index in [9.17, 15) is 4.79 Å². The largest absolute Gasteiger partial charge is 0.493 e. The third-order valence-corrected chi connectivity index (χ3v) is 5.75. The predicted molar refractivity (Wildman–Crippen MR) is 132 cm³/mol. The number of halogens is 1. The first kappa shape index (κ1) is 23.6. The Kier molecular flexibility index (Phi) is 6.74. The topological polar surface area (TPSA) is 93.4 Å². The Balaban J connectivity index is 1.48. The summed E-state index contributed by atoms with van der Waals surface area (Å²) in [4.78, 5) is 22.0. The summed E-state index contributed by atoms with van der Waals surface area (Å²) in [6.07, 6.45) is 3.18. The number of rotatable bonds is 7. The second-order valence-corrected chi connectivity index (χ2v) is 8.68. The molecule has 1 N–H and O–H groups in total. The van der Waals surface area contributed by atoms with Crippen molar-refractivity contribution in [3.8, 4) is 17.2 Å². The van der Waals surface area contributed by atoms with Crippen LogP contribution in [0, 0.1) is 19.3 Å². The maximum atomic E-state index is 12.5. The lowest BCUT2D eigenvalue weighted by atomic mass is 10.1. The Morgan fingerprint density at radius 2 is 1.88 bits per heavy atom. The van der Waals surface area contributed by atoms with Crippen molar-refractivity contribution in [1.82, 2.24) is 5.06 Å². The number of hydrogen-bond donors (Lipinski definition) is 1. The second kappa shape index (κ2) is 9.72. The van der Waals surface area contributed by atoms with E-state index >= 15 is 0 Å². The zero-order valence-electron chi connectivity index (χ0n) is 19.3. The molecule has 4 rings (SSSR count). The molecular formula is C25H24BrN3O5. The molecule has 0 atom stereocenters. The Labute approximate surface area is 206 Å². The first-order chi connectivity index (χ1) is 16.3. The molecule has 2 aliphatic heterocycles. The van der Waals surface area contributed by atoms with Gasteiger partial charge >= 0.3 is 0 Å². The summed E-state index contributed by atoms with van der Waals surface area (Å²) in [7, 11) is 1.54. The number of amides is 1. The third kappa shape index (κ3) is 4.84. The summed E-state index contributed by atoms with van der Waals surface area (Å²) in [5, 5.41) is 9.59. The summed E-state index contributed by atoms with van der Waals surface area (Å²) >= 11 is 3.52. The summed E-state index contributed by atoms with van der Waals surface area (Å²) in [5.41, 5.74) is 3.00. The van der Waals surface area contributed by atoms with Crippen LogP contribution in [-0.4, -0.2) is 43.0 Å². The quantitative estimate of drug-likeness (QED) is 0.404. The monoisotopic (exact) mass is 525 g/mol. The van der Waals surface area contributed by atoms with Gasteiger partial charge < -0.3 is 19.0 Å². The van der Waals surface area contributed by atoms with Crippen LogP contribution in [0.2, 0.25) is 0 Å². The molecule has 2 heterocycles. The third-order valence-electron chi connectivity index (χ3n) is 5.16. The van der Waals surface area contributed by atoms with Crippen LogP contribution in [-0.2, 0) is 9.63 Å². The minimum atomic E-state index is -0.509.